The highest BCUT2D eigenvalue weighted by Crippen LogP contribution is 2.20. The molecule has 0 saturated heterocycles. The average molecular weight is 316 g/mol. The zero-order chi connectivity index (χ0) is 15.8. The molecule has 0 bridgehead atoms. The van der Waals surface area contributed by atoms with Gasteiger partial charge in [-0.3, -0.25) is 0 Å². The van der Waals surface area contributed by atoms with Gasteiger partial charge in [0.05, 0.1) is 13.2 Å². The Morgan fingerprint density at radius 3 is 2.29 bits per heavy atom. The van der Waals surface area contributed by atoms with Gasteiger partial charge in [-0.05, 0) is 31.5 Å². The van der Waals surface area contributed by atoms with Crippen molar-refractivity contribution >= 4 is 23.7 Å². The first kappa shape index (κ1) is 17.3. The Hall–Kier alpha value is -1.79. The number of hydrogen-bond acceptors (Lipinski definition) is 5. The third-order valence-electron chi connectivity index (χ3n) is 2.62. The summed E-state index contributed by atoms with van der Waals surface area (Å²) >= 11 is 5.77. The van der Waals surface area contributed by atoms with Crippen LogP contribution in [-0.2, 0) is 14.3 Å². The molecule has 0 radical (unpaired) electrons. The lowest BCUT2D eigenvalue weighted by Crippen LogP contribution is -2.46. The summed E-state index contributed by atoms with van der Waals surface area (Å²) < 4.78 is 9.57. The number of benzene rings is 1. The molecule has 0 aliphatic rings. The minimum absolute atomic E-state index is 0.132. The maximum absolute atomic E-state index is 11.9. The van der Waals surface area contributed by atoms with E-state index in [2.05, 4.69) is 5.32 Å². The highest BCUT2D eigenvalue weighted by molar-refractivity contribution is 6.30. The third kappa shape index (κ3) is 5.24. The van der Waals surface area contributed by atoms with E-state index < -0.39 is 24.2 Å². The molecule has 1 amide bonds. The topological polar surface area (TPSA) is 84.9 Å². The van der Waals surface area contributed by atoms with E-state index in [-0.39, 0.29) is 13.2 Å². The van der Waals surface area contributed by atoms with Crippen LogP contribution in [0.25, 0.3) is 0 Å². The van der Waals surface area contributed by atoms with Crippen LogP contribution in [0.3, 0.4) is 0 Å². The molecule has 6 nitrogen and oxygen atoms in total. The fourth-order valence-electron chi connectivity index (χ4n) is 1.65. The number of alkyl carbamates (subject to hydrolysis) is 1. The molecular weight excluding hydrogens is 298 g/mol. The minimum atomic E-state index is -1.27. The number of hydrogen-bond donors (Lipinski definition) is 2. The number of ether oxygens (including phenoxy) is 2. The van der Waals surface area contributed by atoms with Gasteiger partial charge in [-0.25, -0.2) is 9.59 Å². The monoisotopic (exact) mass is 315 g/mol. The van der Waals surface area contributed by atoms with E-state index in [1.54, 1.807) is 38.1 Å². The van der Waals surface area contributed by atoms with Gasteiger partial charge in [0.25, 0.3) is 0 Å². The third-order valence-corrected chi connectivity index (χ3v) is 2.87. The zero-order valence-electron chi connectivity index (χ0n) is 11.8. The lowest BCUT2D eigenvalue weighted by molar-refractivity contribution is -0.148. The van der Waals surface area contributed by atoms with Crippen molar-refractivity contribution < 1.29 is 24.2 Å². The summed E-state index contributed by atoms with van der Waals surface area (Å²) in [5.74, 6) is -0.743. The van der Waals surface area contributed by atoms with Gasteiger partial charge in [0.15, 0.2) is 6.04 Å². The molecule has 116 valence electrons. The number of halogens is 1. The van der Waals surface area contributed by atoms with Crippen molar-refractivity contribution in [3.05, 3.63) is 34.9 Å². The van der Waals surface area contributed by atoms with Crippen molar-refractivity contribution in [3.63, 3.8) is 0 Å². The van der Waals surface area contributed by atoms with Crippen LogP contribution >= 0.6 is 11.6 Å². The van der Waals surface area contributed by atoms with Crippen LogP contribution in [-0.4, -0.2) is 36.4 Å². The SMILES string of the molecule is CCOC(=O)N[C@H](C(=O)OCC)[C@H](O)c1ccc(Cl)cc1. The molecule has 0 aliphatic carbocycles. The van der Waals surface area contributed by atoms with Crippen LogP contribution in [0.2, 0.25) is 5.02 Å². The Morgan fingerprint density at radius 1 is 1.19 bits per heavy atom. The Kier molecular flexibility index (Phi) is 6.98. The van der Waals surface area contributed by atoms with E-state index in [0.717, 1.165) is 0 Å². The zero-order valence-corrected chi connectivity index (χ0v) is 12.6. The Morgan fingerprint density at radius 2 is 1.76 bits per heavy atom. The molecule has 1 aromatic carbocycles. The second kappa shape index (κ2) is 8.49. The predicted molar refractivity (Wildman–Crippen MR) is 77.0 cm³/mol. The first-order valence-corrected chi connectivity index (χ1v) is 6.90. The van der Waals surface area contributed by atoms with E-state index in [0.29, 0.717) is 10.6 Å². The summed E-state index contributed by atoms with van der Waals surface area (Å²) in [7, 11) is 0. The van der Waals surface area contributed by atoms with Crippen molar-refractivity contribution in [2.75, 3.05) is 13.2 Å². The van der Waals surface area contributed by atoms with E-state index in [1.807, 2.05) is 0 Å². The summed E-state index contributed by atoms with van der Waals surface area (Å²) in [4.78, 5) is 23.4. The van der Waals surface area contributed by atoms with Gasteiger partial charge >= 0.3 is 12.1 Å². The summed E-state index contributed by atoms with van der Waals surface area (Å²) in [6.07, 6.45) is -2.07. The van der Waals surface area contributed by atoms with Gasteiger partial charge in [-0.15, -0.1) is 0 Å². The van der Waals surface area contributed by atoms with Crippen molar-refractivity contribution in [2.24, 2.45) is 0 Å². The summed E-state index contributed by atoms with van der Waals surface area (Å²) in [6.45, 7) is 3.55. The maximum Gasteiger partial charge on any atom is 0.407 e. The molecule has 0 aliphatic heterocycles. The average Bonchev–Trinajstić information content (AvgIpc) is 2.45. The number of esters is 1. The number of carbonyl (C=O) groups is 2. The standard InChI is InChI=1S/C14H18ClNO5/c1-3-20-13(18)11(16-14(19)21-4-2)12(17)9-5-7-10(15)8-6-9/h5-8,11-12,17H,3-4H2,1-2H3,(H,16,19)/t11-,12+/m0/s1. The lowest BCUT2D eigenvalue weighted by Gasteiger charge is -2.22. The van der Waals surface area contributed by atoms with Gasteiger partial charge in [-0.2, -0.15) is 0 Å². The number of nitrogens with one attached hydrogen (secondary N) is 1. The fraction of sp³-hybridized carbons (Fsp3) is 0.429. The Bertz CT molecular complexity index is 477. The Balaban J connectivity index is 2.90. The number of rotatable bonds is 6. The maximum atomic E-state index is 11.9. The second-order valence-corrected chi connectivity index (χ2v) is 4.53. The van der Waals surface area contributed by atoms with Crippen LogP contribution in [0, 0.1) is 0 Å². The predicted octanol–water partition coefficient (Wildman–Crippen LogP) is 2.05. The number of aliphatic hydroxyl groups is 1. The minimum Gasteiger partial charge on any atom is -0.464 e. The highest BCUT2D eigenvalue weighted by Gasteiger charge is 2.31. The van der Waals surface area contributed by atoms with Gasteiger partial charge in [-0.1, -0.05) is 23.7 Å². The number of carbonyl (C=O) groups excluding carboxylic acids is 2. The number of aliphatic hydroxyl groups excluding tert-OH is 1. The molecule has 0 unspecified atom stereocenters. The highest BCUT2D eigenvalue weighted by atomic mass is 35.5. The Labute approximate surface area is 128 Å². The second-order valence-electron chi connectivity index (χ2n) is 4.09. The summed E-state index contributed by atoms with van der Waals surface area (Å²) in [5.41, 5.74) is 0.425. The summed E-state index contributed by atoms with van der Waals surface area (Å²) in [6, 6.07) is 5.02. The molecule has 0 saturated carbocycles. The van der Waals surface area contributed by atoms with Crippen LogP contribution in [0.5, 0.6) is 0 Å². The molecule has 2 atom stereocenters. The van der Waals surface area contributed by atoms with Gasteiger partial charge < -0.3 is 19.9 Å². The summed E-state index contributed by atoms with van der Waals surface area (Å²) in [5, 5.41) is 13.1. The van der Waals surface area contributed by atoms with Crippen LogP contribution in [0.1, 0.15) is 25.5 Å². The number of amides is 1. The molecule has 21 heavy (non-hydrogen) atoms. The van der Waals surface area contributed by atoms with Crippen LogP contribution in [0.4, 0.5) is 4.79 Å². The molecule has 1 aromatic rings. The fourth-order valence-corrected chi connectivity index (χ4v) is 1.78. The van der Waals surface area contributed by atoms with E-state index in [1.165, 1.54) is 0 Å². The molecule has 7 heteroatoms. The molecule has 1 rings (SSSR count). The quantitative estimate of drug-likeness (QED) is 0.785. The molecular formula is C14H18ClNO5. The van der Waals surface area contributed by atoms with Crippen LogP contribution < -0.4 is 5.32 Å². The first-order chi connectivity index (χ1) is 9.99. The smallest absolute Gasteiger partial charge is 0.407 e. The van der Waals surface area contributed by atoms with Crippen molar-refractivity contribution in [2.45, 2.75) is 26.0 Å². The molecule has 0 aromatic heterocycles. The largest absolute Gasteiger partial charge is 0.464 e. The molecule has 0 spiro atoms. The van der Waals surface area contributed by atoms with Crippen LogP contribution in [0.15, 0.2) is 24.3 Å². The molecule has 0 fully saturated rings. The van der Waals surface area contributed by atoms with Crippen molar-refractivity contribution in [3.8, 4) is 0 Å². The van der Waals surface area contributed by atoms with Gasteiger partial charge in [0.2, 0.25) is 0 Å². The molecule has 2 N–H and O–H groups in total. The molecule has 0 heterocycles. The van der Waals surface area contributed by atoms with Crippen molar-refractivity contribution in [1.82, 2.24) is 5.32 Å². The van der Waals surface area contributed by atoms with E-state index >= 15 is 0 Å². The van der Waals surface area contributed by atoms with E-state index in [4.69, 9.17) is 21.1 Å². The first-order valence-electron chi connectivity index (χ1n) is 6.53. The van der Waals surface area contributed by atoms with Gasteiger partial charge in [0, 0.05) is 5.02 Å². The van der Waals surface area contributed by atoms with E-state index in [9.17, 15) is 14.7 Å². The van der Waals surface area contributed by atoms with Crippen molar-refractivity contribution in [1.29, 1.82) is 0 Å². The normalized spacial score (nSPS) is 13.1. The van der Waals surface area contributed by atoms with Gasteiger partial charge in [0.1, 0.15) is 6.10 Å². The lowest BCUT2D eigenvalue weighted by atomic mass is 10.0.